The number of esters is 2. The quantitative estimate of drug-likeness (QED) is 0.0346. The van der Waals surface area contributed by atoms with Crippen LogP contribution in [0.5, 0.6) is 0 Å². The highest BCUT2D eigenvalue weighted by Gasteiger charge is 2.17. The largest absolute Gasteiger partial charge is 0.462 e. The van der Waals surface area contributed by atoms with Gasteiger partial charge in [-0.15, -0.1) is 0 Å². The van der Waals surface area contributed by atoms with E-state index in [1.54, 1.807) is 0 Å². The molecule has 0 aliphatic rings. The lowest BCUT2D eigenvalue weighted by molar-refractivity contribution is -0.163. The zero-order valence-corrected chi connectivity index (χ0v) is 41.8. The maximum Gasteiger partial charge on any atom is 0.306 e. The van der Waals surface area contributed by atoms with Gasteiger partial charge in [-0.05, 0) is 96.3 Å². The third-order valence-corrected chi connectivity index (χ3v) is 10.8. The molecule has 0 fully saturated rings. The molecule has 0 aliphatic carbocycles. The first-order chi connectivity index (χ1) is 31.6. The van der Waals surface area contributed by atoms with E-state index in [0.717, 1.165) is 116 Å². The standard InChI is InChI=1S/C59H98O5/c1-4-7-10-13-16-19-22-25-27-28-29-30-31-33-36-39-42-45-48-51-54-62-55-57(64-59(61)53-50-47-44-41-38-34-24-21-18-15-12-9-6-3)56-63-58(60)52-49-46-43-40-37-35-32-26-23-20-17-14-11-8-5-2/h7-8,10-11,16-17,19-20,25-27,29-30,32-33,36,42,45,57H,4-6,9,12-15,18,21-24,28,31,34-35,37-41,43-44,46-56H2,1-3H3/b10-7-,11-8-,19-16-,20-17-,27-25-,30-29-,32-26-,36-33-,45-42-. The van der Waals surface area contributed by atoms with Crippen LogP contribution in [0, 0.1) is 0 Å². The molecule has 64 heavy (non-hydrogen) atoms. The van der Waals surface area contributed by atoms with Gasteiger partial charge in [-0.25, -0.2) is 0 Å². The van der Waals surface area contributed by atoms with Crippen LogP contribution in [0.25, 0.3) is 0 Å². The van der Waals surface area contributed by atoms with Gasteiger partial charge in [0.25, 0.3) is 0 Å². The highest BCUT2D eigenvalue weighted by atomic mass is 16.6. The summed E-state index contributed by atoms with van der Waals surface area (Å²) in [6, 6.07) is 0. The number of hydrogen-bond donors (Lipinski definition) is 0. The third-order valence-electron chi connectivity index (χ3n) is 10.8. The third kappa shape index (κ3) is 51.2. The number of unbranched alkanes of at least 4 members (excludes halogenated alkanes) is 18. The summed E-state index contributed by atoms with van der Waals surface area (Å²) in [5, 5.41) is 0. The van der Waals surface area contributed by atoms with Crippen molar-refractivity contribution in [1.82, 2.24) is 0 Å². The average molecular weight is 887 g/mol. The lowest BCUT2D eigenvalue weighted by atomic mass is 10.0. The van der Waals surface area contributed by atoms with Gasteiger partial charge < -0.3 is 14.2 Å². The van der Waals surface area contributed by atoms with E-state index in [4.69, 9.17) is 14.2 Å². The lowest BCUT2D eigenvalue weighted by Crippen LogP contribution is -2.30. The SMILES string of the molecule is CC/C=C\C/C=C\C/C=C\C/C=C\C/C=C\C/C=C\CCCOCC(COC(=O)CCCCCCC/C=C\C/C=C\C/C=C\CC)OC(=O)CCCCCCCCCCCCCCC. The van der Waals surface area contributed by atoms with Gasteiger partial charge in [-0.2, -0.15) is 0 Å². The summed E-state index contributed by atoms with van der Waals surface area (Å²) in [7, 11) is 0. The molecular formula is C59H98O5. The van der Waals surface area contributed by atoms with Crippen LogP contribution in [0.2, 0.25) is 0 Å². The van der Waals surface area contributed by atoms with Crippen molar-refractivity contribution in [3.05, 3.63) is 109 Å². The Balaban J connectivity index is 4.41. The Morgan fingerprint density at radius 1 is 0.359 bits per heavy atom. The number of allylic oxidation sites excluding steroid dienone is 18. The molecule has 5 heteroatoms. The Labute approximate surface area is 395 Å². The van der Waals surface area contributed by atoms with Gasteiger partial charge in [0.05, 0.1) is 6.61 Å². The molecule has 0 aromatic carbocycles. The molecule has 0 amide bonds. The van der Waals surface area contributed by atoms with E-state index in [0.29, 0.717) is 19.4 Å². The Hall–Kier alpha value is -3.44. The molecule has 0 aromatic heterocycles. The minimum Gasteiger partial charge on any atom is -0.462 e. The molecule has 0 saturated heterocycles. The molecule has 1 unspecified atom stereocenters. The molecule has 0 saturated carbocycles. The number of carbonyl (C=O) groups excluding carboxylic acids is 2. The summed E-state index contributed by atoms with van der Waals surface area (Å²) in [5.74, 6) is -0.451. The first-order valence-corrected chi connectivity index (χ1v) is 26.4. The predicted octanol–water partition coefficient (Wildman–Crippen LogP) is 18.0. The smallest absolute Gasteiger partial charge is 0.306 e. The van der Waals surface area contributed by atoms with E-state index in [1.165, 1.54) is 77.0 Å². The highest BCUT2D eigenvalue weighted by molar-refractivity contribution is 5.70. The molecular weight excluding hydrogens is 789 g/mol. The van der Waals surface area contributed by atoms with Crippen molar-refractivity contribution in [1.29, 1.82) is 0 Å². The predicted molar refractivity (Wildman–Crippen MR) is 279 cm³/mol. The van der Waals surface area contributed by atoms with Gasteiger partial charge in [0.15, 0.2) is 6.10 Å². The zero-order chi connectivity index (χ0) is 46.3. The second kappa shape index (κ2) is 53.9. The summed E-state index contributed by atoms with van der Waals surface area (Å²) in [4.78, 5) is 25.4. The molecule has 0 radical (unpaired) electrons. The van der Waals surface area contributed by atoms with E-state index in [9.17, 15) is 9.59 Å². The van der Waals surface area contributed by atoms with Gasteiger partial charge in [-0.3, -0.25) is 9.59 Å². The number of ether oxygens (including phenoxy) is 3. The van der Waals surface area contributed by atoms with E-state index >= 15 is 0 Å². The topological polar surface area (TPSA) is 61.8 Å². The van der Waals surface area contributed by atoms with Crippen molar-refractivity contribution < 1.29 is 23.8 Å². The summed E-state index contributed by atoms with van der Waals surface area (Å²) < 4.78 is 17.3. The van der Waals surface area contributed by atoms with Crippen LogP contribution in [0.4, 0.5) is 0 Å². The molecule has 0 heterocycles. The van der Waals surface area contributed by atoms with Crippen LogP contribution >= 0.6 is 0 Å². The maximum absolute atomic E-state index is 12.8. The van der Waals surface area contributed by atoms with Crippen LogP contribution in [0.1, 0.15) is 226 Å². The highest BCUT2D eigenvalue weighted by Crippen LogP contribution is 2.14. The molecule has 0 rings (SSSR count). The van der Waals surface area contributed by atoms with Crippen molar-refractivity contribution in [2.45, 2.75) is 232 Å². The fourth-order valence-electron chi connectivity index (χ4n) is 6.95. The Morgan fingerprint density at radius 2 is 0.703 bits per heavy atom. The van der Waals surface area contributed by atoms with E-state index in [-0.39, 0.29) is 25.2 Å². The minimum atomic E-state index is -0.578. The molecule has 1 atom stereocenters. The van der Waals surface area contributed by atoms with Crippen LogP contribution in [-0.4, -0.2) is 37.9 Å². The maximum atomic E-state index is 12.8. The normalized spacial score (nSPS) is 13.1. The first kappa shape index (κ1) is 60.6. The Kier molecular flexibility index (Phi) is 51.0. The molecule has 0 aliphatic heterocycles. The second-order valence-electron chi connectivity index (χ2n) is 17.0. The number of hydrogen-bond acceptors (Lipinski definition) is 5. The van der Waals surface area contributed by atoms with Crippen molar-refractivity contribution in [3.63, 3.8) is 0 Å². The van der Waals surface area contributed by atoms with Crippen molar-refractivity contribution in [3.8, 4) is 0 Å². The van der Waals surface area contributed by atoms with Crippen LogP contribution in [-0.2, 0) is 23.8 Å². The monoisotopic (exact) mass is 887 g/mol. The molecule has 0 aromatic rings. The van der Waals surface area contributed by atoms with Crippen LogP contribution < -0.4 is 0 Å². The van der Waals surface area contributed by atoms with Gasteiger partial charge >= 0.3 is 11.9 Å². The fourth-order valence-corrected chi connectivity index (χ4v) is 6.95. The molecule has 0 bridgehead atoms. The molecule has 364 valence electrons. The Morgan fingerprint density at radius 3 is 1.12 bits per heavy atom. The van der Waals surface area contributed by atoms with E-state index in [1.807, 2.05) is 0 Å². The Bertz CT molecular complexity index is 1280. The fraction of sp³-hybridized carbons (Fsp3) is 0.661. The van der Waals surface area contributed by atoms with Crippen molar-refractivity contribution in [2.24, 2.45) is 0 Å². The van der Waals surface area contributed by atoms with Gasteiger partial charge in [-0.1, -0.05) is 226 Å². The summed E-state index contributed by atoms with van der Waals surface area (Å²) >= 11 is 0. The molecule has 0 N–H and O–H groups in total. The van der Waals surface area contributed by atoms with Gasteiger partial charge in [0, 0.05) is 19.4 Å². The van der Waals surface area contributed by atoms with Crippen molar-refractivity contribution in [2.75, 3.05) is 19.8 Å². The molecule has 0 spiro atoms. The second-order valence-corrected chi connectivity index (χ2v) is 17.0. The number of rotatable bonds is 47. The van der Waals surface area contributed by atoms with Crippen molar-refractivity contribution >= 4 is 11.9 Å². The minimum absolute atomic E-state index is 0.0489. The molecule has 5 nitrogen and oxygen atoms in total. The van der Waals surface area contributed by atoms with Crippen LogP contribution in [0.15, 0.2) is 109 Å². The van der Waals surface area contributed by atoms with Crippen LogP contribution in [0.3, 0.4) is 0 Å². The summed E-state index contributed by atoms with van der Waals surface area (Å²) in [5.41, 5.74) is 0. The van der Waals surface area contributed by atoms with E-state index < -0.39 is 6.10 Å². The number of carbonyl (C=O) groups is 2. The lowest BCUT2D eigenvalue weighted by Gasteiger charge is -2.18. The zero-order valence-electron chi connectivity index (χ0n) is 41.8. The van der Waals surface area contributed by atoms with Gasteiger partial charge in [0.1, 0.15) is 6.61 Å². The average Bonchev–Trinajstić information content (AvgIpc) is 3.30. The van der Waals surface area contributed by atoms with Gasteiger partial charge in [0.2, 0.25) is 0 Å². The summed E-state index contributed by atoms with van der Waals surface area (Å²) in [6.45, 7) is 7.44. The van der Waals surface area contributed by atoms with E-state index in [2.05, 4.69) is 130 Å². The first-order valence-electron chi connectivity index (χ1n) is 26.4. The summed E-state index contributed by atoms with van der Waals surface area (Å²) in [6.07, 6.45) is 73.9.